The number of hydrogen-bond acceptors (Lipinski definition) is 4. The summed E-state index contributed by atoms with van der Waals surface area (Å²) in [4.78, 5) is 14.6. The van der Waals surface area contributed by atoms with Crippen LogP contribution in [0.3, 0.4) is 0 Å². The van der Waals surface area contributed by atoms with Crippen LogP contribution in [0, 0.1) is 5.92 Å². The van der Waals surface area contributed by atoms with Gasteiger partial charge in [0.25, 0.3) is 0 Å². The lowest BCUT2D eigenvalue weighted by Gasteiger charge is -2.35. The number of para-hydroxylation sites is 1. The van der Waals surface area contributed by atoms with E-state index in [1.807, 2.05) is 30.3 Å². The van der Waals surface area contributed by atoms with Crippen LogP contribution in [0.4, 0.5) is 0 Å². The molecule has 1 amide bonds. The van der Waals surface area contributed by atoms with Gasteiger partial charge < -0.3 is 14.8 Å². The highest BCUT2D eigenvalue weighted by atomic mass is 16.5. The highest BCUT2D eigenvalue weighted by Gasteiger charge is 2.42. The van der Waals surface area contributed by atoms with Crippen molar-refractivity contribution in [1.29, 1.82) is 0 Å². The summed E-state index contributed by atoms with van der Waals surface area (Å²) in [7, 11) is 0. The van der Waals surface area contributed by atoms with Gasteiger partial charge in [-0.3, -0.25) is 9.69 Å². The molecular weight excluding hydrogens is 304 g/mol. The van der Waals surface area contributed by atoms with E-state index in [1.165, 1.54) is 12.8 Å². The zero-order valence-corrected chi connectivity index (χ0v) is 14.0. The normalized spacial score (nSPS) is 29.9. The summed E-state index contributed by atoms with van der Waals surface area (Å²) < 4.78 is 11.6. The monoisotopic (exact) mass is 330 g/mol. The molecule has 5 nitrogen and oxygen atoms in total. The zero-order valence-electron chi connectivity index (χ0n) is 14.0. The number of morpholine rings is 1. The Kier molecular flexibility index (Phi) is 4.72. The van der Waals surface area contributed by atoms with E-state index in [1.54, 1.807) is 0 Å². The van der Waals surface area contributed by atoms with Crippen molar-refractivity contribution >= 4 is 5.91 Å². The van der Waals surface area contributed by atoms with E-state index in [4.69, 9.17) is 9.47 Å². The molecule has 3 fully saturated rings. The maximum Gasteiger partial charge on any atom is 0.223 e. The zero-order chi connectivity index (χ0) is 16.4. The molecule has 130 valence electrons. The number of rotatable bonds is 6. The van der Waals surface area contributed by atoms with Crippen molar-refractivity contribution in [3.05, 3.63) is 30.3 Å². The minimum absolute atomic E-state index is 0.0791. The Hall–Kier alpha value is -1.59. The van der Waals surface area contributed by atoms with Crippen molar-refractivity contribution in [2.45, 2.75) is 43.9 Å². The van der Waals surface area contributed by atoms with Crippen LogP contribution in [-0.2, 0) is 9.53 Å². The van der Waals surface area contributed by atoms with Crippen LogP contribution < -0.4 is 10.1 Å². The van der Waals surface area contributed by atoms with Crippen molar-refractivity contribution in [3.8, 4) is 5.75 Å². The van der Waals surface area contributed by atoms with Gasteiger partial charge in [-0.25, -0.2) is 0 Å². The first kappa shape index (κ1) is 15.9. The highest BCUT2D eigenvalue weighted by molar-refractivity contribution is 5.76. The molecule has 2 heterocycles. The number of nitrogens with zero attached hydrogens (tertiary/aromatic N) is 1. The largest absolute Gasteiger partial charge is 0.493 e. The number of fused-ring (bicyclic) bond motifs is 1. The molecule has 1 aromatic rings. The quantitative estimate of drug-likeness (QED) is 0.864. The molecule has 24 heavy (non-hydrogen) atoms. The third kappa shape index (κ3) is 3.90. The van der Waals surface area contributed by atoms with Gasteiger partial charge in [-0.05, 0) is 37.3 Å². The second kappa shape index (κ2) is 7.11. The molecule has 0 spiro atoms. The van der Waals surface area contributed by atoms with Crippen LogP contribution in [-0.4, -0.2) is 55.3 Å². The Balaban J connectivity index is 1.18. The van der Waals surface area contributed by atoms with Gasteiger partial charge in [0.15, 0.2) is 0 Å². The van der Waals surface area contributed by atoms with Crippen LogP contribution in [0.1, 0.15) is 25.7 Å². The van der Waals surface area contributed by atoms with Gasteiger partial charge in [-0.1, -0.05) is 18.2 Å². The molecule has 4 rings (SSSR count). The molecule has 2 saturated heterocycles. The van der Waals surface area contributed by atoms with E-state index >= 15 is 0 Å². The van der Waals surface area contributed by atoms with E-state index in [-0.39, 0.29) is 11.9 Å². The SMILES string of the molecule is O=C(CCOc1ccccc1)N[C@H]1C[C@H]2CO[C@@H](C3CC3)CN2C1. The number of amides is 1. The van der Waals surface area contributed by atoms with Crippen molar-refractivity contribution in [2.24, 2.45) is 5.92 Å². The lowest BCUT2D eigenvalue weighted by atomic mass is 10.1. The molecule has 0 bridgehead atoms. The van der Waals surface area contributed by atoms with E-state index in [9.17, 15) is 4.79 Å². The molecule has 1 saturated carbocycles. The molecule has 0 radical (unpaired) electrons. The second-order valence-corrected chi connectivity index (χ2v) is 7.23. The third-order valence-corrected chi connectivity index (χ3v) is 5.30. The first-order valence-electron chi connectivity index (χ1n) is 9.11. The average Bonchev–Trinajstić information content (AvgIpc) is 3.36. The van der Waals surface area contributed by atoms with Crippen molar-refractivity contribution in [2.75, 3.05) is 26.3 Å². The number of carbonyl (C=O) groups is 1. The van der Waals surface area contributed by atoms with E-state index < -0.39 is 0 Å². The number of benzene rings is 1. The third-order valence-electron chi connectivity index (χ3n) is 5.30. The summed E-state index contributed by atoms with van der Waals surface area (Å²) in [5.74, 6) is 1.68. The summed E-state index contributed by atoms with van der Waals surface area (Å²) in [6.45, 7) is 3.24. The second-order valence-electron chi connectivity index (χ2n) is 7.23. The van der Waals surface area contributed by atoms with E-state index in [0.29, 0.717) is 25.2 Å². The fourth-order valence-electron chi connectivity index (χ4n) is 3.84. The number of nitrogens with one attached hydrogen (secondary N) is 1. The summed E-state index contributed by atoms with van der Waals surface area (Å²) in [5.41, 5.74) is 0. The van der Waals surface area contributed by atoms with Gasteiger partial charge in [0.1, 0.15) is 5.75 Å². The summed E-state index contributed by atoms with van der Waals surface area (Å²) in [6, 6.07) is 10.4. The Labute approximate surface area is 143 Å². The van der Waals surface area contributed by atoms with Crippen molar-refractivity contribution in [3.63, 3.8) is 0 Å². The Morgan fingerprint density at radius 1 is 1.25 bits per heavy atom. The van der Waals surface area contributed by atoms with Gasteiger partial charge >= 0.3 is 0 Å². The lowest BCUT2D eigenvalue weighted by Crippen LogP contribution is -2.47. The Morgan fingerprint density at radius 3 is 2.88 bits per heavy atom. The smallest absolute Gasteiger partial charge is 0.223 e. The highest BCUT2D eigenvalue weighted by Crippen LogP contribution is 2.37. The van der Waals surface area contributed by atoms with Gasteiger partial charge in [0.05, 0.1) is 25.7 Å². The average molecular weight is 330 g/mol. The van der Waals surface area contributed by atoms with Crippen LogP contribution in [0.15, 0.2) is 30.3 Å². The summed E-state index contributed by atoms with van der Waals surface area (Å²) >= 11 is 0. The molecule has 3 aliphatic rings. The molecule has 1 aromatic carbocycles. The van der Waals surface area contributed by atoms with Gasteiger partial charge in [-0.15, -0.1) is 0 Å². The van der Waals surface area contributed by atoms with Gasteiger partial charge in [0.2, 0.25) is 5.91 Å². The van der Waals surface area contributed by atoms with Gasteiger partial charge in [0, 0.05) is 25.2 Å². The maximum atomic E-state index is 12.1. The summed E-state index contributed by atoms with van der Waals surface area (Å²) in [5, 5.41) is 3.17. The predicted octanol–water partition coefficient (Wildman–Crippen LogP) is 1.82. The van der Waals surface area contributed by atoms with Crippen LogP contribution in [0.25, 0.3) is 0 Å². The van der Waals surface area contributed by atoms with Crippen molar-refractivity contribution in [1.82, 2.24) is 10.2 Å². The standard InChI is InChI=1S/C19H26N2O3/c22-19(8-9-23-17-4-2-1-3-5-17)20-15-10-16-13-24-18(14-6-7-14)12-21(16)11-15/h1-5,14-16,18H,6-13H2,(H,20,22)/t15-,16-,18+/m0/s1. The van der Waals surface area contributed by atoms with E-state index in [2.05, 4.69) is 10.2 Å². The Morgan fingerprint density at radius 2 is 2.08 bits per heavy atom. The van der Waals surface area contributed by atoms with Crippen LogP contribution in [0.5, 0.6) is 5.75 Å². The Bertz CT molecular complexity index is 561. The first-order valence-corrected chi connectivity index (χ1v) is 9.11. The molecule has 2 aliphatic heterocycles. The molecule has 0 aromatic heterocycles. The molecule has 3 atom stereocenters. The minimum atomic E-state index is 0.0791. The van der Waals surface area contributed by atoms with Crippen molar-refractivity contribution < 1.29 is 14.3 Å². The molecule has 5 heteroatoms. The fraction of sp³-hybridized carbons (Fsp3) is 0.632. The number of carbonyl (C=O) groups excluding carboxylic acids is 1. The van der Waals surface area contributed by atoms with Crippen LogP contribution >= 0.6 is 0 Å². The van der Waals surface area contributed by atoms with E-state index in [0.717, 1.165) is 37.8 Å². The number of hydrogen-bond donors (Lipinski definition) is 1. The fourth-order valence-corrected chi connectivity index (χ4v) is 3.84. The topological polar surface area (TPSA) is 50.8 Å². The lowest BCUT2D eigenvalue weighted by molar-refractivity contribution is -0.122. The maximum absolute atomic E-state index is 12.1. The number of ether oxygens (including phenoxy) is 2. The molecular formula is C19H26N2O3. The molecule has 1 aliphatic carbocycles. The minimum Gasteiger partial charge on any atom is -0.493 e. The van der Waals surface area contributed by atoms with Gasteiger partial charge in [-0.2, -0.15) is 0 Å². The molecule has 0 unspecified atom stereocenters. The van der Waals surface area contributed by atoms with Crippen LogP contribution in [0.2, 0.25) is 0 Å². The first-order chi connectivity index (χ1) is 11.8. The summed E-state index contributed by atoms with van der Waals surface area (Å²) in [6.07, 6.45) is 4.48. The predicted molar refractivity (Wildman–Crippen MR) is 90.9 cm³/mol. The molecule has 1 N–H and O–H groups in total.